The van der Waals surface area contributed by atoms with Gasteiger partial charge in [0, 0.05) is 6.04 Å². The van der Waals surface area contributed by atoms with E-state index in [1.54, 1.807) is 13.8 Å². The molecule has 0 aromatic carbocycles. The SMILES string of the molecule is Cc1nc(C)c(C#N)c(SC(C)C(=O)NC2CCCCC2)n1. The number of hydrogen-bond acceptors (Lipinski definition) is 5. The number of amides is 1. The summed E-state index contributed by atoms with van der Waals surface area (Å²) in [5, 5.41) is 12.7. The molecule has 1 aliphatic rings. The zero-order valence-corrected chi connectivity index (χ0v) is 14.2. The second kappa shape index (κ2) is 7.59. The fourth-order valence-electron chi connectivity index (χ4n) is 2.68. The van der Waals surface area contributed by atoms with Gasteiger partial charge in [-0.05, 0) is 33.6 Å². The molecule has 1 fully saturated rings. The number of aryl methyl sites for hydroxylation is 2. The number of carbonyl (C=O) groups is 1. The van der Waals surface area contributed by atoms with Crippen LogP contribution >= 0.6 is 11.8 Å². The standard InChI is InChI=1S/C16H22N4OS/c1-10-14(9-17)16(19-12(3)18-10)22-11(2)15(21)20-13-7-5-4-6-8-13/h11,13H,4-8H2,1-3H3,(H,20,21). The first-order chi connectivity index (χ1) is 10.5. The zero-order valence-electron chi connectivity index (χ0n) is 13.3. The highest BCUT2D eigenvalue weighted by atomic mass is 32.2. The first-order valence-electron chi connectivity index (χ1n) is 7.73. The Hall–Kier alpha value is -1.61. The Kier molecular flexibility index (Phi) is 5.78. The molecule has 0 radical (unpaired) electrons. The van der Waals surface area contributed by atoms with Gasteiger partial charge in [-0.2, -0.15) is 5.26 Å². The van der Waals surface area contributed by atoms with Crippen LogP contribution in [0.1, 0.15) is 56.1 Å². The van der Waals surface area contributed by atoms with Crippen LogP contribution in [0.5, 0.6) is 0 Å². The normalized spacial score (nSPS) is 16.8. The van der Waals surface area contributed by atoms with E-state index in [9.17, 15) is 10.1 Å². The lowest BCUT2D eigenvalue weighted by Gasteiger charge is -2.24. The van der Waals surface area contributed by atoms with Crippen LogP contribution < -0.4 is 5.32 Å². The van der Waals surface area contributed by atoms with E-state index in [0.29, 0.717) is 28.1 Å². The Morgan fingerprint density at radius 1 is 1.32 bits per heavy atom. The number of rotatable bonds is 4. The summed E-state index contributed by atoms with van der Waals surface area (Å²) in [4.78, 5) is 20.9. The lowest BCUT2D eigenvalue weighted by atomic mass is 9.95. The third kappa shape index (κ3) is 4.20. The maximum absolute atomic E-state index is 12.3. The quantitative estimate of drug-likeness (QED) is 0.682. The summed E-state index contributed by atoms with van der Waals surface area (Å²) in [5.41, 5.74) is 1.13. The van der Waals surface area contributed by atoms with E-state index in [1.807, 2.05) is 6.92 Å². The van der Waals surface area contributed by atoms with Gasteiger partial charge in [-0.25, -0.2) is 9.97 Å². The van der Waals surface area contributed by atoms with Crippen molar-refractivity contribution >= 4 is 17.7 Å². The number of thioether (sulfide) groups is 1. The van der Waals surface area contributed by atoms with Crippen molar-refractivity contribution in [3.63, 3.8) is 0 Å². The molecule has 1 unspecified atom stereocenters. The number of carbonyl (C=O) groups excluding carboxylic acids is 1. The second-order valence-electron chi connectivity index (χ2n) is 5.75. The molecule has 118 valence electrons. The summed E-state index contributed by atoms with van der Waals surface area (Å²) in [6, 6.07) is 2.44. The molecular formula is C16H22N4OS. The Balaban J connectivity index is 2.03. The van der Waals surface area contributed by atoms with E-state index in [-0.39, 0.29) is 11.2 Å². The monoisotopic (exact) mass is 318 g/mol. The molecule has 5 nitrogen and oxygen atoms in total. The highest BCUT2D eigenvalue weighted by molar-refractivity contribution is 8.00. The minimum atomic E-state index is -0.275. The van der Waals surface area contributed by atoms with Crippen molar-refractivity contribution in [1.82, 2.24) is 15.3 Å². The molecular weight excluding hydrogens is 296 g/mol. The third-order valence-electron chi connectivity index (χ3n) is 3.89. The van der Waals surface area contributed by atoms with Crippen molar-refractivity contribution < 1.29 is 4.79 Å². The van der Waals surface area contributed by atoms with Crippen molar-refractivity contribution in [1.29, 1.82) is 5.26 Å². The largest absolute Gasteiger partial charge is 0.352 e. The molecule has 1 heterocycles. The molecule has 0 spiro atoms. The highest BCUT2D eigenvalue weighted by Crippen LogP contribution is 2.27. The lowest BCUT2D eigenvalue weighted by molar-refractivity contribution is -0.121. The van der Waals surface area contributed by atoms with E-state index in [1.165, 1.54) is 31.0 Å². The van der Waals surface area contributed by atoms with Crippen molar-refractivity contribution in [2.24, 2.45) is 0 Å². The van der Waals surface area contributed by atoms with Gasteiger partial charge >= 0.3 is 0 Å². The molecule has 2 rings (SSSR count). The molecule has 1 amide bonds. The van der Waals surface area contributed by atoms with Gasteiger partial charge in [0.05, 0.1) is 10.9 Å². The van der Waals surface area contributed by atoms with E-state index in [4.69, 9.17) is 0 Å². The topological polar surface area (TPSA) is 78.7 Å². The van der Waals surface area contributed by atoms with Gasteiger partial charge in [0.15, 0.2) is 0 Å². The van der Waals surface area contributed by atoms with Crippen LogP contribution in [0, 0.1) is 25.2 Å². The average Bonchev–Trinajstić information content (AvgIpc) is 2.47. The van der Waals surface area contributed by atoms with Crippen LogP contribution in [0.2, 0.25) is 0 Å². The molecule has 1 N–H and O–H groups in total. The molecule has 0 bridgehead atoms. The van der Waals surface area contributed by atoms with Crippen LogP contribution in [0.3, 0.4) is 0 Å². The fourth-order valence-corrected chi connectivity index (χ4v) is 3.69. The summed E-state index contributed by atoms with van der Waals surface area (Å²) in [6.07, 6.45) is 5.78. The van der Waals surface area contributed by atoms with E-state index in [0.717, 1.165) is 12.8 Å². The first-order valence-corrected chi connectivity index (χ1v) is 8.61. The first kappa shape index (κ1) is 16.8. The summed E-state index contributed by atoms with van der Waals surface area (Å²) < 4.78 is 0. The van der Waals surface area contributed by atoms with Crippen molar-refractivity contribution in [3.05, 3.63) is 17.1 Å². The predicted octanol–water partition coefficient (Wildman–Crippen LogP) is 2.89. The maximum Gasteiger partial charge on any atom is 0.233 e. The Morgan fingerprint density at radius 3 is 2.64 bits per heavy atom. The van der Waals surface area contributed by atoms with Crippen LogP contribution in [0.4, 0.5) is 0 Å². The van der Waals surface area contributed by atoms with E-state index >= 15 is 0 Å². The molecule has 1 aromatic rings. The van der Waals surface area contributed by atoms with Gasteiger partial charge in [0.1, 0.15) is 22.5 Å². The minimum Gasteiger partial charge on any atom is -0.352 e. The number of nitrogens with zero attached hydrogens (tertiary/aromatic N) is 3. The summed E-state index contributed by atoms with van der Waals surface area (Å²) in [7, 11) is 0. The summed E-state index contributed by atoms with van der Waals surface area (Å²) >= 11 is 1.33. The minimum absolute atomic E-state index is 0.0229. The number of aromatic nitrogens is 2. The predicted molar refractivity (Wildman–Crippen MR) is 86.6 cm³/mol. The number of hydrogen-bond donors (Lipinski definition) is 1. The zero-order chi connectivity index (χ0) is 16.1. The Morgan fingerprint density at radius 2 is 2.00 bits per heavy atom. The maximum atomic E-state index is 12.3. The lowest BCUT2D eigenvalue weighted by Crippen LogP contribution is -2.40. The van der Waals surface area contributed by atoms with Gasteiger partial charge in [-0.1, -0.05) is 31.0 Å². The van der Waals surface area contributed by atoms with Gasteiger partial charge in [0.2, 0.25) is 5.91 Å². The molecule has 1 aromatic heterocycles. The van der Waals surface area contributed by atoms with Crippen LogP contribution in [0.15, 0.2) is 5.03 Å². The molecule has 0 aliphatic heterocycles. The Labute approximate surface area is 135 Å². The smallest absolute Gasteiger partial charge is 0.233 e. The van der Waals surface area contributed by atoms with Gasteiger partial charge in [-0.15, -0.1) is 0 Å². The molecule has 1 saturated carbocycles. The van der Waals surface area contributed by atoms with Crippen LogP contribution in [0.25, 0.3) is 0 Å². The fraction of sp³-hybridized carbons (Fsp3) is 0.625. The van der Waals surface area contributed by atoms with E-state index < -0.39 is 0 Å². The van der Waals surface area contributed by atoms with Gasteiger partial charge in [-0.3, -0.25) is 4.79 Å². The van der Waals surface area contributed by atoms with E-state index in [2.05, 4.69) is 21.4 Å². The molecule has 22 heavy (non-hydrogen) atoms. The molecule has 0 saturated heterocycles. The van der Waals surface area contributed by atoms with Gasteiger partial charge < -0.3 is 5.32 Å². The third-order valence-corrected chi connectivity index (χ3v) is 4.98. The molecule has 1 aliphatic carbocycles. The van der Waals surface area contributed by atoms with Gasteiger partial charge in [0.25, 0.3) is 0 Å². The molecule has 6 heteroatoms. The molecule has 1 atom stereocenters. The number of nitrogens with one attached hydrogen (secondary N) is 1. The van der Waals surface area contributed by atoms with Crippen LogP contribution in [-0.2, 0) is 4.79 Å². The highest BCUT2D eigenvalue weighted by Gasteiger charge is 2.22. The summed E-state index contributed by atoms with van der Waals surface area (Å²) in [6.45, 7) is 5.45. The van der Waals surface area contributed by atoms with Crippen molar-refractivity contribution in [2.75, 3.05) is 0 Å². The number of nitriles is 1. The summed E-state index contributed by atoms with van der Waals surface area (Å²) in [5.74, 6) is 0.647. The van der Waals surface area contributed by atoms with Crippen molar-refractivity contribution in [3.8, 4) is 6.07 Å². The average molecular weight is 318 g/mol. The van der Waals surface area contributed by atoms with Crippen molar-refractivity contribution in [2.45, 2.75) is 69.2 Å². The Bertz CT molecular complexity index is 591. The second-order valence-corrected chi connectivity index (χ2v) is 7.08. The van der Waals surface area contributed by atoms with Crippen LogP contribution in [-0.4, -0.2) is 27.2 Å².